The molecule has 0 amide bonds. The molecule has 2 nitrogen and oxygen atoms in total. The second kappa shape index (κ2) is 3.71. The number of phenolic OH excluding ortho intramolecular Hbond substituents is 1. The molecule has 0 saturated heterocycles. The van der Waals surface area contributed by atoms with Crippen LogP contribution in [0.15, 0.2) is 17.5 Å². The number of fused-ring (bicyclic) bond motifs is 1. The lowest BCUT2D eigenvalue weighted by Gasteiger charge is -2.04. The van der Waals surface area contributed by atoms with E-state index in [1.54, 1.807) is 0 Å². The number of alkyl halides is 1. The first-order valence-corrected chi connectivity index (χ1v) is 6.01. The Labute approximate surface area is 93.3 Å². The van der Waals surface area contributed by atoms with E-state index in [2.05, 4.69) is 15.9 Å². The van der Waals surface area contributed by atoms with Gasteiger partial charge in [0.15, 0.2) is 6.29 Å². The number of carbonyl (C=O) groups is 1. The van der Waals surface area contributed by atoms with E-state index in [1.165, 1.54) is 11.3 Å². The number of phenols is 1. The highest BCUT2D eigenvalue weighted by atomic mass is 79.9. The summed E-state index contributed by atoms with van der Waals surface area (Å²) in [5, 5.41) is 13.3. The van der Waals surface area contributed by atoms with Crippen LogP contribution in [0.25, 0.3) is 10.1 Å². The molecule has 2 rings (SSSR count). The molecule has 0 fully saturated rings. The van der Waals surface area contributed by atoms with Crippen LogP contribution in [0.4, 0.5) is 0 Å². The van der Waals surface area contributed by atoms with E-state index in [1.807, 2.05) is 17.5 Å². The van der Waals surface area contributed by atoms with Crippen molar-refractivity contribution >= 4 is 43.6 Å². The molecule has 2 aromatic rings. The number of carbonyl (C=O) groups excluding carboxylic acids is 1. The van der Waals surface area contributed by atoms with Crippen molar-refractivity contribution in [2.24, 2.45) is 0 Å². The summed E-state index contributed by atoms with van der Waals surface area (Å²) >= 11 is 4.73. The van der Waals surface area contributed by atoms with Crippen molar-refractivity contribution in [3.05, 3.63) is 28.6 Å². The van der Waals surface area contributed by atoms with Gasteiger partial charge in [-0.05, 0) is 28.5 Å². The molecule has 1 aromatic carbocycles. The third-order valence-electron chi connectivity index (χ3n) is 2.10. The smallest absolute Gasteiger partial charge is 0.154 e. The first-order valence-electron chi connectivity index (χ1n) is 4.01. The molecule has 1 heterocycles. The Hall–Kier alpha value is -0.870. The maximum atomic E-state index is 10.8. The minimum Gasteiger partial charge on any atom is -0.506 e. The van der Waals surface area contributed by atoms with Crippen molar-refractivity contribution in [3.8, 4) is 5.75 Å². The summed E-state index contributed by atoms with van der Waals surface area (Å²) in [5.41, 5.74) is 1.21. The van der Waals surface area contributed by atoms with Gasteiger partial charge in [0.25, 0.3) is 0 Å². The van der Waals surface area contributed by atoms with Crippen molar-refractivity contribution < 1.29 is 9.90 Å². The molecule has 0 aliphatic rings. The zero-order valence-electron chi connectivity index (χ0n) is 7.16. The van der Waals surface area contributed by atoms with E-state index in [9.17, 15) is 9.90 Å². The van der Waals surface area contributed by atoms with Crippen LogP contribution in [0.3, 0.4) is 0 Å². The van der Waals surface area contributed by atoms with Crippen LogP contribution in [-0.2, 0) is 5.33 Å². The first kappa shape index (κ1) is 9.68. The number of rotatable bonds is 2. The molecule has 1 N–H and O–H groups in total. The predicted octanol–water partition coefficient (Wildman–Crippen LogP) is 3.31. The summed E-state index contributed by atoms with van der Waals surface area (Å²) in [5.74, 6) is 0.0990. The molecular formula is C10H7BrO2S. The minimum atomic E-state index is 0.0990. The molecule has 0 aliphatic carbocycles. The van der Waals surface area contributed by atoms with Crippen LogP contribution in [-0.4, -0.2) is 11.4 Å². The first-order chi connectivity index (χ1) is 6.77. The fourth-order valence-electron chi connectivity index (χ4n) is 1.41. The van der Waals surface area contributed by atoms with E-state index in [0.717, 1.165) is 15.6 Å². The minimum absolute atomic E-state index is 0.0990. The number of aldehydes is 1. The summed E-state index contributed by atoms with van der Waals surface area (Å²) in [6.07, 6.45) is 0.699. The van der Waals surface area contributed by atoms with Gasteiger partial charge in [-0.3, -0.25) is 4.79 Å². The van der Waals surface area contributed by atoms with Gasteiger partial charge in [0, 0.05) is 5.33 Å². The molecule has 0 atom stereocenters. The standard InChI is InChI=1S/C10H7BrO2S/c11-4-7-3-6-1-2-14-10(6)9(13)8(7)5-12/h1-3,5,13H,4H2. The number of thiophene rings is 1. The molecule has 0 aliphatic heterocycles. The zero-order valence-corrected chi connectivity index (χ0v) is 9.56. The lowest BCUT2D eigenvalue weighted by atomic mass is 10.1. The highest BCUT2D eigenvalue weighted by molar-refractivity contribution is 9.08. The van der Waals surface area contributed by atoms with Gasteiger partial charge in [-0.2, -0.15) is 0 Å². The lowest BCUT2D eigenvalue weighted by molar-refractivity contribution is 0.112. The molecule has 14 heavy (non-hydrogen) atoms. The Morgan fingerprint density at radius 2 is 2.36 bits per heavy atom. The number of hydrogen-bond donors (Lipinski definition) is 1. The molecule has 4 heteroatoms. The Kier molecular flexibility index (Phi) is 2.56. The number of hydrogen-bond acceptors (Lipinski definition) is 3. The molecule has 0 radical (unpaired) electrons. The molecular weight excluding hydrogens is 264 g/mol. The summed E-state index contributed by atoms with van der Waals surface area (Å²) in [6, 6.07) is 3.85. The van der Waals surface area contributed by atoms with E-state index < -0.39 is 0 Å². The van der Waals surface area contributed by atoms with Gasteiger partial charge in [0.05, 0.1) is 10.3 Å². The van der Waals surface area contributed by atoms with Crippen LogP contribution >= 0.6 is 27.3 Å². The zero-order chi connectivity index (χ0) is 10.1. The van der Waals surface area contributed by atoms with Gasteiger partial charge < -0.3 is 5.11 Å². The van der Waals surface area contributed by atoms with Gasteiger partial charge in [0.2, 0.25) is 0 Å². The molecule has 0 bridgehead atoms. The van der Waals surface area contributed by atoms with Gasteiger partial charge in [-0.25, -0.2) is 0 Å². The van der Waals surface area contributed by atoms with Gasteiger partial charge >= 0.3 is 0 Å². The van der Waals surface area contributed by atoms with E-state index >= 15 is 0 Å². The average molecular weight is 271 g/mol. The monoisotopic (exact) mass is 270 g/mol. The Bertz CT molecular complexity index is 490. The van der Waals surface area contributed by atoms with Crippen molar-refractivity contribution in [2.75, 3.05) is 0 Å². The summed E-state index contributed by atoms with van der Waals surface area (Å²) < 4.78 is 0.775. The maximum Gasteiger partial charge on any atom is 0.154 e. The van der Waals surface area contributed by atoms with Crippen molar-refractivity contribution in [2.45, 2.75) is 5.33 Å². The fourth-order valence-corrected chi connectivity index (χ4v) is 2.71. The fraction of sp³-hybridized carbons (Fsp3) is 0.100. The molecule has 0 unspecified atom stereocenters. The highest BCUT2D eigenvalue weighted by Gasteiger charge is 2.11. The van der Waals surface area contributed by atoms with E-state index in [4.69, 9.17) is 0 Å². The molecule has 0 spiro atoms. The van der Waals surface area contributed by atoms with Gasteiger partial charge in [-0.1, -0.05) is 15.9 Å². The summed E-state index contributed by atoms with van der Waals surface area (Å²) in [7, 11) is 0. The molecule has 1 aromatic heterocycles. The maximum absolute atomic E-state index is 10.8. The van der Waals surface area contributed by atoms with Crippen LogP contribution in [0.1, 0.15) is 15.9 Å². The SMILES string of the molecule is O=Cc1c(CBr)cc2ccsc2c1O. The van der Waals surface area contributed by atoms with Crippen LogP contribution in [0.5, 0.6) is 5.75 Å². The molecule has 0 saturated carbocycles. The third kappa shape index (κ3) is 1.35. The van der Waals surface area contributed by atoms with Crippen LogP contribution in [0.2, 0.25) is 0 Å². The van der Waals surface area contributed by atoms with Crippen molar-refractivity contribution in [1.29, 1.82) is 0 Å². The Morgan fingerprint density at radius 1 is 1.57 bits per heavy atom. The molecule has 72 valence electrons. The second-order valence-electron chi connectivity index (χ2n) is 2.89. The predicted molar refractivity (Wildman–Crippen MR) is 61.5 cm³/mol. The number of benzene rings is 1. The quantitative estimate of drug-likeness (QED) is 0.672. The Balaban J connectivity index is 2.85. The highest BCUT2D eigenvalue weighted by Crippen LogP contribution is 2.35. The van der Waals surface area contributed by atoms with Crippen LogP contribution in [0, 0.1) is 0 Å². The van der Waals surface area contributed by atoms with E-state index in [0.29, 0.717) is 17.2 Å². The number of halogens is 1. The topological polar surface area (TPSA) is 37.3 Å². The normalized spacial score (nSPS) is 10.6. The van der Waals surface area contributed by atoms with Crippen molar-refractivity contribution in [3.63, 3.8) is 0 Å². The number of aromatic hydroxyl groups is 1. The van der Waals surface area contributed by atoms with Crippen LogP contribution < -0.4 is 0 Å². The van der Waals surface area contributed by atoms with Gasteiger partial charge in [0.1, 0.15) is 5.75 Å². The third-order valence-corrected chi connectivity index (χ3v) is 3.64. The Morgan fingerprint density at radius 3 is 3.00 bits per heavy atom. The largest absolute Gasteiger partial charge is 0.506 e. The second-order valence-corrected chi connectivity index (χ2v) is 4.37. The van der Waals surface area contributed by atoms with Gasteiger partial charge in [-0.15, -0.1) is 11.3 Å². The average Bonchev–Trinajstić information content (AvgIpc) is 2.65. The lowest BCUT2D eigenvalue weighted by Crippen LogP contribution is -1.89. The summed E-state index contributed by atoms with van der Waals surface area (Å²) in [4.78, 5) is 10.8. The summed E-state index contributed by atoms with van der Waals surface area (Å²) in [6.45, 7) is 0. The van der Waals surface area contributed by atoms with E-state index in [-0.39, 0.29) is 5.75 Å². The van der Waals surface area contributed by atoms with Crippen molar-refractivity contribution in [1.82, 2.24) is 0 Å².